The summed E-state index contributed by atoms with van der Waals surface area (Å²) < 4.78 is 42.6. The highest BCUT2D eigenvalue weighted by Gasteiger charge is 2.30. The highest BCUT2D eigenvalue weighted by atomic mass is 32.2. The first-order valence-electron chi connectivity index (χ1n) is 6.63. The van der Waals surface area contributed by atoms with Crippen LogP contribution in [0.1, 0.15) is 29.5 Å². The molecule has 0 fully saturated rings. The smallest absolute Gasteiger partial charge is 0.178 e. The average molecular weight is 310 g/mol. The number of rotatable bonds is 3. The van der Waals surface area contributed by atoms with Gasteiger partial charge in [-0.2, -0.15) is 0 Å². The Morgan fingerprint density at radius 1 is 1.43 bits per heavy atom. The van der Waals surface area contributed by atoms with Crippen LogP contribution in [-0.2, 0) is 16.4 Å². The van der Waals surface area contributed by atoms with E-state index in [1.165, 1.54) is 18.2 Å². The molecule has 2 aromatic rings. The molecule has 0 saturated heterocycles. The summed E-state index contributed by atoms with van der Waals surface area (Å²) in [5, 5.41) is 7.00. The van der Waals surface area contributed by atoms with Crippen LogP contribution in [0.15, 0.2) is 33.7 Å². The number of benzene rings is 1. The van der Waals surface area contributed by atoms with Gasteiger partial charge in [-0.25, -0.2) is 12.8 Å². The van der Waals surface area contributed by atoms with Crippen LogP contribution in [0, 0.1) is 12.7 Å². The van der Waals surface area contributed by atoms with Gasteiger partial charge in [0.1, 0.15) is 5.82 Å². The summed E-state index contributed by atoms with van der Waals surface area (Å²) in [6, 6.07) is 5.39. The summed E-state index contributed by atoms with van der Waals surface area (Å²) in [4.78, 5) is 0.210. The van der Waals surface area contributed by atoms with Crippen molar-refractivity contribution in [2.75, 3.05) is 5.75 Å². The van der Waals surface area contributed by atoms with Crippen molar-refractivity contribution in [3.8, 4) is 0 Å². The lowest BCUT2D eigenvalue weighted by molar-refractivity contribution is 0.357. The number of aromatic nitrogens is 1. The van der Waals surface area contributed by atoms with Gasteiger partial charge >= 0.3 is 0 Å². The van der Waals surface area contributed by atoms with Crippen molar-refractivity contribution in [2.45, 2.75) is 30.8 Å². The maximum atomic E-state index is 13.4. The molecule has 112 valence electrons. The molecule has 1 unspecified atom stereocenters. The number of aryl methyl sites for hydroxylation is 1. The first kappa shape index (κ1) is 14.2. The second-order valence-electron chi connectivity index (χ2n) is 5.16. The molecule has 1 aromatic heterocycles. The first-order chi connectivity index (χ1) is 9.95. The Balaban J connectivity index is 1.86. The zero-order valence-corrected chi connectivity index (χ0v) is 12.3. The van der Waals surface area contributed by atoms with Gasteiger partial charge in [0.25, 0.3) is 0 Å². The fourth-order valence-electron chi connectivity index (χ4n) is 2.55. The van der Waals surface area contributed by atoms with Crippen LogP contribution < -0.4 is 5.32 Å². The van der Waals surface area contributed by atoms with Gasteiger partial charge in [0, 0.05) is 12.1 Å². The predicted molar refractivity (Wildman–Crippen MR) is 73.9 cm³/mol. The molecule has 3 rings (SSSR count). The summed E-state index contributed by atoms with van der Waals surface area (Å²) in [6.07, 6.45) is 0.409. The standard InChI is InChI=1S/C14H15FN2O3S/c1-9-6-11(20-17-9)8-16-13-4-5-21(18,19)14-3-2-10(15)7-12(13)14/h2-3,6-7,13,16H,4-5,8H2,1H3. The number of nitrogens with one attached hydrogen (secondary N) is 1. The van der Waals surface area contributed by atoms with E-state index < -0.39 is 15.7 Å². The van der Waals surface area contributed by atoms with Crippen molar-refractivity contribution in [3.05, 3.63) is 47.1 Å². The number of hydrogen-bond acceptors (Lipinski definition) is 5. The van der Waals surface area contributed by atoms with Crippen LogP contribution >= 0.6 is 0 Å². The van der Waals surface area contributed by atoms with E-state index >= 15 is 0 Å². The molecule has 1 aromatic carbocycles. The molecule has 0 bridgehead atoms. The first-order valence-corrected chi connectivity index (χ1v) is 8.29. The van der Waals surface area contributed by atoms with Gasteiger partial charge < -0.3 is 9.84 Å². The molecule has 0 amide bonds. The minimum absolute atomic E-state index is 0.0543. The van der Waals surface area contributed by atoms with Gasteiger partial charge in [0.05, 0.1) is 22.9 Å². The topological polar surface area (TPSA) is 72.2 Å². The lowest BCUT2D eigenvalue weighted by Crippen LogP contribution is -2.29. The maximum Gasteiger partial charge on any atom is 0.178 e. The Kier molecular flexibility index (Phi) is 3.54. The highest BCUT2D eigenvalue weighted by Crippen LogP contribution is 2.32. The summed E-state index contributed by atoms with van der Waals surface area (Å²) >= 11 is 0. The zero-order valence-electron chi connectivity index (χ0n) is 11.5. The third-order valence-corrected chi connectivity index (χ3v) is 5.37. The maximum absolute atomic E-state index is 13.4. The van der Waals surface area contributed by atoms with E-state index in [-0.39, 0.29) is 16.7 Å². The Labute approximate surface area is 122 Å². The normalized spacial score (nSPS) is 20.2. The summed E-state index contributed by atoms with van der Waals surface area (Å²) in [7, 11) is -3.31. The molecule has 7 heteroatoms. The van der Waals surface area contributed by atoms with E-state index in [1.807, 2.05) is 6.92 Å². The van der Waals surface area contributed by atoms with Gasteiger partial charge in [-0.3, -0.25) is 0 Å². The van der Waals surface area contributed by atoms with E-state index in [4.69, 9.17) is 4.52 Å². The lowest BCUT2D eigenvalue weighted by atomic mass is 10.0. The van der Waals surface area contributed by atoms with Gasteiger partial charge in [-0.15, -0.1) is 0 Å². The zero-order chi connectivity index (χ0) is 15.0. The molecule has 2 heterocycles. The van der Waals surface area contributed by atoms with Gasteiger partial charge in [-0.1, -0.05) is 5.16 Å². The Morgan fingerprint density at radius 2 is 2.24 bits per heavy atom. The molecular formula is C14H15FN2O3S. The molecule has 5 nitrogen and oxygen atoms in total. The van der Waals surface area contributed by atoms with Crippen LogP contribution in [-0.4, -0.2) is 19.3 Å². The number of fused-ring (bicyclic) bond motifs is 1. The van der Waals surface area contributed by atoms with Crippen molar-refractivity contribution in [1.82, 2.24) is 10.5 Å². The SMILES string of the molecule is Cc1cc(CNC2CCS(=O)(=O)c3ccc(F)cc32)on1. The van der Waals surface area contributed by atoms with E-state index in [2.05, 4.69) is 10.5 Å². The van der Waals surface area contributed by atoms with Crippen LogP contribution in [0.3, 0.4) is 0 Å². The molecule has 1 N–H and O–H groups in total. The van der Waals surface area contributed by atoms with Crippen molar-refractivity contribution in [1.29, 1.82) is 0 Å². The molecule has 0 radical (unpaired) electrons. The predicted octanol–water partition coefficient (Wildman–Crippen LogP) is 2.13. The molecule has 1 aliphatic rings. The Bertz CT molecular complexity index is 770. The quantitative estimate of drug-likeness (QED) is 0.879. The minimum Gasteiger partial charge on any atom is -0.360 e. The highest BCUT2D eigenvalue weighted by molar-refractivity contribution is 7.91. The Morgan fingerprint density at radius 3 is 2.95 bits per heavy atom. The van der Waals surface area contributed by atoms with E-state index in [0.717, 1.165) is 5.69 Å². The molecule has 0 saturated carbocycles. The van der Waals surface area contributed by atoms with Crippen LogP contribution in [0.5, 0.6) is 0 Å². The molecule has 0 spiro atoms. The third kappa shape index (κ3) is 2.84. The van der Waals surface area contributed by atoms with Crippen molar-refractivity contribution in [3.63, 3.8) is 0 Å². The van der Waals surface area contributed by atoms with E-state index in [9.17, 15) is 12.8 Å². The van der Waals surface area contributed by atoms with E-state index in [0.29, 0.717) is 24.3 Å². The number of halogens is 1. The number of hydrogen-bond donors (Lipinski definition) is 1. The second-order valence-corrected chi connectivity index (χ2v) is 7.24. The summed E-state index contributed by atoms with van der Waals surface area (Å²) in [6.45, 7) is 2.24. The fraction of sp³-hybridized carbons (Fsp3) is 0.357. The number of nitrogens with zero attached hydrogens (tertiary/aromatic N) is 1. The molecule has 1 atom stereocenters. The second kappa shape index (κ2) is 5.23. The molecule has 0 aliphatic carbocycles. The minimum atomic E-state index is -3.31. The lowest BCUT2D eigenvalue weighted by Gasteiger charge is -2.26. The monoisotopic (exact) mass is 310 g/mol. The van der Waals surface area contributed by atoms with Crippen LogP contribution in [0.25, 0.3) is 0 Å². The van der Waals surface area contributed by atoms with Crippen LogP contribution in [0.4, 0.5) is 4.39 Å². The van der Waals surface area contributed by atoms with Gasteiger partial charge in [0.15, 0.2) is 15.6 Å². The van der Waals surface area contributed by atoms with Crippen molar-refractivity contribution < 1.29 is 17.3 Å². The van der Waals surface area contributed by atoms with Crippen molar-refractivity contribution in [2.24, 2.45) is 0 Å². The number of sulfone groups is 1. The third-order valence-electron chi connectivity index (χ3n) is 3.56. The molecule has 1 aliphatic heterocycles. The average Bonchev–Trinajstić information content (AvgIpc) is 2.83. The van der Waals surface area contributed by atoms with E-state index in [1.54, 1.807) is 6.07 Å². The summed E-state index contributed by atoms with van der Waals surface area (Å²) in [5.41, 5.74) is 1.27. The van der Waals surface area contributed by atoms with Gasteiger partial charge in [0.2, 0.25) is 0 Å². The summed E-state index contributed by atoms with van der Waals surface area (Å²) in [5.74, 6) is 0.283. The largest absolute Gasteiger partial charge is 0.360 e. The fourth-order valence-corrected chi connectivity index (χ4v) is 4.15. The van der Waals surface area contributed by atoms with Gasteiger partial charge in [-0.05, 0) is 37.1 Å². The van der Waals surface area contributed by atoms with Crippen LogP contribution in [0.2, 0.25) is 0 Å². The molecule has 21 heavy (non-hydrogen) atoms. The van der Waals surface area contributed by atoms with Crippen molar-refractivity contribution >= 4 is 9.84 Å². The molecular weight excluding hydrogens is 295 g/mol. The Hall–Kier alpha value is -1.73.